The molecule has 6 nitrogen and oxygen atoms in total. The predicted octanol–water partition coefficient (Wildman–Crippen LogP) is 3.08. The largest absolute Gasteiger partial charge is 0.481 e. The average Bonchev–Trinajstić information content (AvgIpc) is 2.56. The van der Waals surface area contributed by atoms with E-state index in [1.807, 2.05) is 19.9 Å². The Morgan fingerprint density at radius 2 is 1.67 bits per heavy atom. The van der Waals surface area contributed by atoms with Crippen LogP contribution in [0.5, 0.6) is 0 Å². The number of nitrogens with zero attached hydrogens (tertiary/aromatic N) is 2. The van der Waals surface area contributed by atoms with Crippen molar-refractivity contribution >= 4 is 28.6 Å². The third-order valence-corrected chi connectivity index (χ3v) is 4.76. The number of benzene rings is 1. The first-order valence-corrected chi connectivity index (χ1v) is 8.24. The summed E-state index contributed by atoms with van der Waals surface area (Å²) in [6.07, 6.45) is 2.94. The topological polar surface area (TPSA) is 92.2 Å². The first-order chi connectivity index (χ1) is 11.5. The van der Waals surface area contributed by atoms with E-state index >= 15 is 0 Å². The van der Waals surface area contributed by atoms with Gasteiger partial charge in [-0.1, -0.05) is 12.8 Å². The Hall–Kier alpha value is -2.50. The van der Waals surface area contributed by atoms with E-state index in [1.165, 1.54) is 0 Å². The van der Waals surface area contributed by atoms with E-state index in [0.29, 0.717) is 24.0 Å². The van der Waals surface area contributed by atoms with Crippen LogP contribution in [0.3, 0.4) is 0 Å². The molecule has 0 saturated heterocycles. The number of hydrogen-bond acceptors (Lipinski definition) is 4. The molecule has 1 aliphatic rings. The minimum absolute atomic E-state index is 0.224. The fourth-order valence-corrected chi connectivity index (χ4v) is 3.28. The van der Waals surface area contributed by atoms with Crippen molar-refractivity contribution in [3.8, 4) is 0 Å². The van der Waals surface area contributed by atoms with Gasteiger partial charge in [0.2, 0.25) is 5.91 Å². The molecule has 1 aromatic carbocycles. The van der Waals surface area contributed by atoms with Crippen LogP contribution in [-0.4, -0.2) is 27.0 Å². The Bertz CT molecular complexity index is 803. The summed E-state index contributed by atoms with van der Waals surface area (Å²) < 4.78 is 0. The van der Waals surface area contributed by atoms with Gasteiger partial charge in [-0.15, -0.1) is 0 Å². The number of carbonyl (C=O) groups excluding carboxylic acids is 1. The average molecular weight is 327 g/mol. The Kier molecular flexibility index (Phi) is 4.46. The lowest BCUT2D eigenvalue weighted by Crippen LogP contribution is -2.36. The zero-order chi connectivity index (χ0) is 17.3. The number of hydrogen-bond donors (Lipinski definition) is 2. The number of amides is 1. The number of nitrogens with one attached hydrogen (secondary N) is 1. The van der Waals surface area contributed by atoms with Crippen molar-refractivity contribution in [2.45, 2.75) is 39.5 Å². The first-order valence-electron chi connectivity index (χ1n) is 8.24. The molecule has 6 heteroatoms. The van der Waals surface area contributed by atoms with Gasteiger partial charge in [0.25, 0.3) is 0 Å². The summed E-state index contributed by atoms with van der Waals surface area (Å²) in [5, 5.41) is 12.2. The predicted molar refractivity (Wildman–Crippen MR) is 90.7 cm³/mol. The van der Waals surface area contributed by atoms with Crippen molar-refractivity contribution in [1.82, 2.24) is 9.97 Å². The van der Waals surface area contributed by atoms with Crippen molar-refractivity contribution in [2.24, 2.45) is 11.8 Å². The maximum Gasteiger partial charge on any atom is 0.307 e. The van der Waals surface area contributed by atoms with Gasteiger partial charge in [0, 0.05) is 5.69 Å². The number of fused-ring (bicyclic) bond motifs is 1. The second-order valence-corrected chi connectivity index (χ2v) is 6.42. The molecule has 2 N–H and O–H groups in total. The van der Waals surface area contributed by atoms with Crippen LogP contribution in [0.4, 0.5) is 5.69 Å². The van der Waals surface area contributed by atoms with E-state index in [4.69, 9.17) is 0 Å². The van der Waals surface area contributed by atoms with Crippen LogP contribution in [0.2, 0.25) is 0 Å². The normalized spacial score (nSPS) is 20.8. The molecule has 0 radical (unpaired) electrons. The minimum atomic E-state index is -0.884. The molecule has 1 saturated carbocycles. The van der Waals surface area contributed by atoms with Crippen LogP contribution in [0.15, 0.2) is 18.2 Å². The molecule has 1 amide bonds. The molecule has 126 valence electrons. The molecule has 0 unspecified atom stereocenters. The molecule has 1 heterocycles. The highest BCUT2D eigenvalue weighted by atomic mass is 16.4. The van der Waals surface area contributed by atoms with Crippen molar-refractivity contribution in [1.29, 1.82) is 0 Å². The SMILES string of the molecule is Cc1nc2ccc(NC(=O)[C@@H]3CCCC[C@@H]3C(=O)O)cc2nc1C. The van der Waals surface area contributed by atoms with Crippen molar-refractivity contribution in [2.75, 3.05) is 5.32 Å². The van der Waals surface area contributed by atoms with E-state index in [9.17, 15) is 14.7 Å². The molecular weight excluding hydrogens is 306 g/mol. The number of carboxylic acids is 1. The summed E-state index contributed by atoms with van der Waals surface area (Å²) >= 11 is 0. The lowest BCUT2D eigenvalue weighted by atomic mass is 9.78. The molecule has 24 heavy (non-hydrogen) atoms. The molecule has 1 aliphatic carbocycles. The monoisotopic (exact) mass is 327 g/mol. The summed E-state index contributed by atoms with van der Waals surface area (Å²) in [6.45, 7) is 3.80. The summed E-state index contributed by atoms with van der Waals surface area (Å²) in [6, 6.07) is 5.38. The van der Waals surface area contributed by atoms with Crippen LogP contribution >= 0.6 is 0 Å². The number of aryl methyl sites for hydroxylation is 2. The van der Waals surface area contributed by atoms with Gasteiger partial charge < -0.3 is 10.4 Å². The van der Waals surface area contributed by atoms with Gasteiger partial charge >= 0.3 is 5.97 Å². The van der Waals surface area contributed by atoms with Gasteiger partial charge in [0.15, 0.2) is 0 Å². The number of carbonyl (C=O) groups is 2. The number of rotatable bonds is 3. The van der Waals surface area contributed by atoms with Crippen molar-refractivity contribution in [3.05, 3.63) is 29.6 Å². The molecule has 1 aromatic heterocycles. The number of aliphatic carboxylic acids is 1. The number of anilines is 1. The van der Waals surface area contributed by atoms with Crippen molar-refractivity contribution in [3.63, 3.8) is 0 Å². The van der Waals surface area contributed by atoms with Crippen LogP contribution in [0.1, 0.15) is 37.1 Å². The first kappa shape index (κ1) is 16.4. The second-order valence-electron chi connectivity index (χ2n) is 6.42. The molecular formula is C18H21N3O3. The maximum atomic E-state index is 12.5. The molecule has 0 aliphatic heterocycles. The van der Waals surface area contributed by atoms with E-state index in [0.717, 1.165) is 29.7 Å². The third kappa shape index (κ3) is 3.22. The quantitative estimate of drug-likeness (QED) is 0.904. The van der Waals surface area contributed by atoms with Crippen LogP contribution in [-0.2, 0) is 9.59 Å². The zero-order valence-electron chi connectivity index (χ0n) is 13.9. The fourth-order valence-electron chi connectivity index (χ4n) is 3.28. The molecule has 2 aromatic rings. The van der Waals surface area contributed by atoms with E-state index in [2.05, 4.69) is 15.3 Å². The summed E-state index contributed by atoms with van der Waals surface area (Å²) in [5.74, 6) is -2.18. The fraction of sp³-hybridized carbons (Fsp3) is 0.444. The molecule has 0 bridgehead atoms. The van der Waals surface area contributed by atoms with Crippen LogP contribution in [0.25, 0.3) is 11.0 Å². The highest BCUT2D eigenvalue weighted by molar-refractivity contribution is 5.96. The van der Waals surface area contributed by atoms with Crippen molar-refractivity contribution < 1.29 is 14.7 Å². The molecule has 1 fully saturated rings. The van der Waals surface area contributed by atoms with E-state index in [-0.39, 0.29) is 5.91 Å². The van der Waals surface area contributed by atoms with Gasteiger partial charge in [0.1, 0.15) is 0 Å². The minimum Gasteiger partial charge on any atom is -0.481 e. The van der Waals surface area contributed by atoms with Crippen LogP contribution in [0, 0.1) is 25.7 Å². The van der Waals surface area contributed by atoms with Crippen LogP contribution < -0.4 is 5.32 Å². The number of aromatic nitrogens is 2. The second kappa shape index (κ2) is 6.55. The highest BCUT2D eigenvalue weighted by Crippen LogP contribution is 2.31. The Morgan fingerprint density at radius 3 is 2.33 bits per heavy atom. The molecule has 0 spiro atoms. The lowest BCUT2D eigenvalue weighted by molar-refractivity contribution is -0.147. The summed E-state index contributed by atoms with van der Waals surface area (Å²) in [5.41, 5.74) is 3.85. The standard InChI is InChI=1S/C18H21N3O3/c1-10-11(2)20-16-9-12(7-8-15(16)19-10)21-17(22)13-5-3-4-6-14(13)18(23)24/h7-9,13-14H,3-6H2,1-2H3,(H,21,22)(H,23,24)/t13-,14+/m1/s1. The number of carboxylic acid groups (broad SMARTS) is 1. The summed E-state index contributed by atoms with van der Waals surface area (Å²) in [7, 11) is 0. The highest BCUT2D eigenvalue weighted by Gasteiger charge is 2.35. The zero-order valence-corrected chi connectivity index (χ0v) is 13.9. The molecule has 3 rings (SSSR count). The van der Waals surface area contributed by atoms with E-state index < -0.39 is 17.8 Å². The lowest BCUT2D eigenvalue weighted by Gasteiger charge is -2.27. The van der Waals surface area contributed by atoms with Gasteiger partial charge in [-0.25, -0.2) is 9.97 Å². The van der Waals surface area contributed by atoms with Gasteiger partial charge in [-0.2, -0.15) is 0 Å². The van der Waals surface area contributed by atoms with Gasteiger partial charge in [0.05, 0.1) is 34.3 Å². The van der Waals surface area contributed by atoms with Gasteiger partial charge in [-0.05, 0) is 44.9 Å². The Balaban J connectivity index is 1.82. The smallest absolute Gasteiger partial charge is 0.307 e. The van der Waals surface area contributed by atoms with E-state index in [1.54, 1.807) is 12.1 Å². The maximum absolute atomic E-state index is 12.5. The molecule has 2 atom stereocenters. The van der Waals surface area contributed by atoms with Gasteiger partial charge in [-0.3, -0.25) is 9.59 Å². The Morgan fingerprint density at radius 1 is 1.04 bits per heavy atom. The third-order valence-electron chi connectivity index (χ3n) is 4.76. The Labute approximate surface area is 140 Å². The summed E-state index contributed by atoms with van der Waals surface area (Å²) in [4.78, 5) is 32.9.